The van der Waals surface area contributed by atoms with Crippen molar-refractivity contribution in [3.63, 3.8) is 0 Å². The monoisotopic (exact) mass is 249 g/mol. The number of aryl methyl sites for hydroxylation is 1. The number of hydrogen-bond acceptors (Lipinski definition) is 3. The summed E-state index contributed by atoms with van der Waals surface area (Å²) in [6, 6.07) is 10.8. The van der Waals surface area contributed by atoms with Gasteiger partial charge in [-0.15, -0.1) is 23.1 Å². The van der Waals surface area contributed by atoms with Crippen LogP contribution in [-0.2, 0) is 0 Å². The highest BCUT2D eigenvalue weighted by Crippen LogP contribution is 2.33. The summed E-state index contributed by atoms with van der Waals surface area (Å²) in [7, 11) is 0. The first kappa shape index (κ1) is 11.6. The van der Waals surface area contributed by atoms with Crippen LogP contribution in [-0.4, -0.2) is 5.75 Å². The van der Waals surface area contributed by atoms with E-state index in [-0.39, 0.29) is 0 Å². The molecule has 0 bridgehead atoms. The van der Waals surface area contributed by atoms with Crippen molar-refractivity contribution in [3.8, 4) is 11.1 Å². The Bertz CT molecular complexity index is 471. The SMILES string of the molecule is CCSc1ccc(-c2cc(N)sc2C)cc1. The van der Waals surface area contributed by atoms with Gasteiger partial charge in [0, 0.05) is 9.77 Å². The third-order valence-electron chi connectivity index (χ3n) is 2.41. The molecule has 1 heterocycles. The normalized spacial score (nSPS) is 10.6. The molecule has 0 saturated heterocycles. The largest absolute Gasteiger partial charge is 0.391 e. The lowest BCUT2D eigenvalue weighted by atomic mass is 10.1. The highest BCUT2D eigenvalue weighted by Gasteiger charge is 2.05. The van der Waals surface area contributed by atoms with E-state index in [2.05, 4.69) is 44.2 Å². The summed E-state index contributed by atoms with van der Waals surface area (Å²) in [6.07, 6.45) is 0. The molecule has 1 aromatic heterocycles. The summed E-state index contributed by atoms with van der Waals surface area (Å²) < 4.78 is 0. The van der Waals surface area contributed by atoms with Gasteiger partial charge in [0.25, 0.3) is 0 Å². The number of thioether (sulfide) groups is 1. The minimum Gasteiger partial charge on any atom is -0.391 e. The van der Waals surface area contributed by atoms with Gasteiger partial charge in [0.15, 0.2) is 0 Å². The van der Waals surface area contributed by atoms with Crippen LogP contribution in [0.4, 0.5) is 5.00 Å². The molecule has 16 heavy (non-hydrogen) atoms. The molecule has 0 aliphatic rings. The number of anilines is 1. The number of hydrogen-bond donors (Lipinski definition) is 1. The Morgan fingerprint density at radius 1 is 1.25 bits per heavy atom. The van der Waals surface area contributed by atoms with Gasteiger partial charge in [-0.05, 0) is 42.0 Å². The first-order valence-electron chi connectivity index (χ1n) is 5.30. The zero-order valence-corrected chi connectivity index (χ0v) is 11.1. The lowest BCUT2D eigenvalue weighted by Crippen LogP contribution is -1.78. The van der Waals surface area contributed by atoms with Gasteiger partial charge in [0.1, 0.15) is 0 Å². The van der Waals surface area contributed by atoms with Gasteiger partial charge in [-0.3, -0.25) is 0 Å². The Balaban J connectivity index is 2.31. The molecule has 0 aliphatic heterocycles. The van der Waals surface area contributed by atoms with E-state index in [1.165, 1.54) is 20.9 Å². The third kappa shape index (κ3) is 2.42. The second-order valence-electron chi connectivity index (χ2n) is 3.58. The Labute approximate surface area is 105 Å². The van der Waals surface area contributed by atoms with E-state index in [1.807, 2.05) is 11.8 Å². The molecular weight excluding hydrogens is 234 g/mol. The Morgan fingerprint density at radius 2 is 1.94 bits per heavy atom. The minimum absolute atomic E-state index is 0.888. The predicted molar refractivity (Wildman–Crippen MR) is 75.3 cm³/mol. The molecule has 0 aliphatic carbocycles. The number of thiophene rings is 1. The van der Waals surface area contributed by atoms with E-state index in [4.69, 9.17) is 5.73 Å². The number of nitrogens with two attached hydrogens (primary N) is 1. The molecule has 1 nitrogen and oxygen atoms in total. The molecule has 0 unspecified atom stereocenters. The van der Waals surface area contributed by atoms with E-state index in [9.17, 15) is 0 Å². The molecule has 84 valence electrons. The summed E-state index contributed by atoms with van der Waals surface area (Å²) in [4.78, 5) is 2.61. The lowest BCUT2D eigenvalue weighted by Gasteiger charge is -2.02. The van der Waals surface area contributed by atoms with Crippen molar-refractivity contribution in [1.29, 1.82) is 0 Å². The van der Waals surface area contributed by atoms with Crippen molar-refractivity contribution in [2.75, 3.05) is 11.5 Å². The van der Waals surface area contributed by atoms with Crippen molar-refractivity contribution in [3.05, 3.63) is 35.2 Å². The van der Waals surface area contributed by atoms with Gasteiger partial charge in [-0.2, -0.15) is 0 Å². The first-order valence-corrected chi connectivity index (χ1v) is 7.10. The summed E-state index contributed by atoms with van der Waals surface area (Å²) in [5.74, 6) is 1.11. The summed E-state index contributed by atoms with van der Waals surface area (Å²) >= 11 is 3.52. The van der Waals surface area contributed by atoms with E-state index in [0.717, 1.165) is 10.8 Å². The van der Waals surface area contributed by atoms with Crippen LogP contribution < -0.4 is 5.73 Å². The van der Waals surface area contributed by atoms with E-state index < -0.39 is 0 Å². The van der Waals surface area contributed by atoms with E-state index in [1.54, 1.807) is 11.3 Å². The molecule has 2 aromatic rings. The van der Waals surface area contributed by atoms with Crippen LogP contribution in [0.1, 0.15) is 11.8 Å². The minimum atomic E-state index is 0.888. The third-order valence-corrected chi connectivity index (χ3v) is 4.19. The molecular formula is C13H15NS2. The van der Waals surface area contributed by atoms with Gasteiger partial charge in [-0.1, -0.05) is 19.1 Å². The summed E-state index contributed by atoms with van der Waals surface area (Å²) in [5.41, 5.74) is 8.32. The molecule has 0 atom stereocenters. The van der Waals surface area contributed by atoms with Gasteiger partial charge >= 0.3 is 0 Å². The molecule has 0 saturated carbocycles. The molecule has 3 heteroatoms. The van der Waals surface area contributed by atoms with Crippen LogP contribution in [0.15, 0.2) is 35.2 Å². The molecule has 2 rings (SSSR count). The molecule has 1 aromatic carbocycles. The number of benzene rings is 1. The molecule has 0 radical (unpaired) electrons. The lowest BCUT2D eigenvalue weighted by molar-refractivity contribution is 1.42. The van der Waals surface area contributed by atoms with Crippen molar-refractivity contribution >= 4 is 28.1 Å². The zero-order chi connectivity index (χ0) is 11.5. The van der Waals surface area contributed by atoms with Gasteiger partial charge in [0.2, 0.25) is 0 Å². The van der Waals surface area contributed by atoms with Crippen LogP contribution >= 0.6 is 23.1 Å². The van der Waals surface area contributed by atoms with E-state index >= 15 is 0 Å². The van der Waals surface area contributed by atoms with Crippen molar-refractivity contribution in [1.82, 2.24) is 0 Å². The molecule has 0 fully saturated rings. The second kappa shape index (κ2) is 4.93. The zero-order valence-electron chi connectivity index (χ0n) is 9.49. The molecule has 0 amide bonds. The second-order valence-corrected chi connectivity index (χ2v) is 6.20. The first-order chi connectivity index (χ1) is 7.70. The van der Waals surface area contributed by atoms with Crippen LogP contribution in [0.3, 0.4) is 0 Å². The quantitative estimate of drug-likeness (QED) is 0.815. The fourth-order valence-corrected chi connectivity index (χ4v) is 3.17. The number of rotatable bonds is 3. The molecule has 0 spiro atoms. The predicted octanol–water partition coefficient (Wildman–Crippen LogP) is 4.42. The summed E-state index contributed by atoms with van der Waals surface area (Å²) in [5, 5.41) is 0.888. The maximum Gasteiger partial charge on any atom is 0.0865 e. The van der Waals surface area contributed by atoms with Crippen molar-refractivity contribution in [2.24, 2.45) is 0 Å². The average Bonchev–Trinajstić information content (AvgIpc) is 2.59. The Hall–Kier alpha value is -0.930. The van der Waals surface area contributed by atoms with Crippen molar-refractivity contribution < 1.29 is 0 Å². The topological polar surface area (TPSA) is 26.0 Å². The molecule has 2 N–H and O–H groups in total. The Morgan fingerprint density at radius 3 is 2.44 bits per heavy atom. The fourth-order valence-electron chi connectivity index (χ4n) is 1.69. The standard InChI is InChI=1S/C13H15NS2/c1-3-15-11-6-4-10(5-7-11)12-8-13(14)16-9(12)2/h4-8H,3,14H2,1-2H3. The van der Waals surface area contributed by atoms with Crippen LogP contribution in [0, 0.1) is 6.92 Å². The Kier molecular flexibility index (Phi) is 3.56. The van der Waals surface area contributed by atoms with Crippen molar-refractivity contribution in [2.45, 2.75) is 18.7 Å². The fraction of sp³-hybridized carbons (Fsp3) is 0.231. The number of nitrogen functional groups attached to an aromatic ring is 1. The highest BCUT2D eigenvalue weighted by molar-refractivity contribution is 7.99. The van der Waals surface area contributed by atoms with Gasteiger partial charge in [0.05, 0.1) is 5.00 Å². The smallest absolute Gasteiger partial charge is 0.0865 e. The van der Waals surface area contributed by atoms with Gasteiger partial charge < -0.3 is 5.73 Å². The highest BCUT2D eigenvalue weighted by atomic mass is 32.2. The van der Waals surface area contributed by atoms with Crippen LogP contribution in [0.25, 0.3) is 11.1 Å². The van der Waals surface area contributed by atoms with Gasteiger partial charge in [-0.25, -0.2) is 0 Å². The summed E-state index contributed by atoms with van der Waals surface area (Å²) in [6.45, 7) is 4.29. The maximum absolute atomic E-state index is 5.81. The van der Waals surface area contributed by atoms with Crippen LogP contribution in [0.5, 0.6) is 0 Å². The average molecular weight is 249 g/mol. The van der Waals surface area contributed by atoms with E-state index in [0.29, 0.717) is 0 Å². The van der Waals surface area contributed by atoms with Crippen LogP contribution in [0.2, 0.25) is 0 Å². The maximum atomic E-state index is 5.81.